The van der Waals surface area contributed by atoms with Crippen LogP contribution in [0.4, 0.5) is 0 Å². The molecule has 2 heterocycles. The van der Waals surface area contributed by atoms with Crippen molar-refractivity contribution in [3.05, 3.63) is 23.3 Å². The lowest BCUT2D eigenvalue weighted by Crippen LogP contribution is -2.47. The molecule has 0 unspecified atom stereocenters. The molecule has 7 heteroatoms. The number of amides is 1. The Morgan fingerprint density at radius 1 is 1.26 bits per heavy atom. The SMILES string of the molecule is COc1cc(S(=O)(=O)N2CC[C@@H]3NC(=O)C[C@@H]3C2)c(C)cc1C. The summed E-state index contributed by atoms with van der Waals surface area (Å²) in [5.74, 6) is 0.660. The molecule has 6 nitrogen and oxygen atoms in total. The number of hydrogen-bond donors (Lipinski definition) is 1. The van der Waals surface area contributed by atoms with Gasteiger partial charge in [0.1, 0.15) is 5.75 Å². The maximum Gasteiger partial charge on any atom is 0.243 e. The molecular formula is C16H22N2O4S. The highest BCUT2D eigenvalue weighted by Crippen LogP contribution is 2.32. The Labute approximate surface area is 136 Å². The predicted octanol–water partition coefficient (Wildman–Crippen LogP) is 1.21. The third-order valence-corrected chi connectivity index (χ3v) is 6.81. The first-order valence-electron chi connectivity index (χ1n) is 7.77. The molecular weight excluding hydrogens is 316 g/mol. The van der Waals surface area contributed by atoms with Crippen molar-refractivity contribution >= 4 is 15.9 Å². The van der Waals surface area contributed by atoms with Crippen LogP contribution in [-0.4, -0.2) is 44.9 Å². The van der Waals surface area contributed by atoms with Gasteiger partial charge >= 0.3 is 0 Å². The lowest BCUT2D eigenvalue weighted by atomic mass is 9.95. The zero-order valence-corrected chi connectivity index (χ0v) is 14.4. The third-order valence-electron chi connectivity index (χ3n) is 4.80. The van der Waals surface area contributed by atoms with E-state index in [0.29, 0.717) is 37.2 Å². The first-order chi connectivity index (χ1) is 10.8. The van der Waals surface area contributed by atoms with Crippen molar-refractivity contribution in [3.63, 3.8) is 0 Å². The smallest absolute Gasteiger partial charge is 0.243 e. The molecule has 2 fully saturated rings. The summed E-state index contributed by atoms with van der Waals surface area (Å²) in [5.41, 5.74) is 1.62. The second-order valence-corrected chi connectivity index (χ2v) is 8.28. The van der Waals surface area contributed by atoms with E-state index in [-0.39, 0.29) is 22.8 Å². The molecule has 2 saturated heterocycles. The van der Waals surface area contributed by atoms with Gasteiger partial charge in [-0.25, -0.2) is 8.42 Å². The highest BCUT2D eigenvalue weighted by atomic mass is 32.2. The van der Waals surface area contributed by atoms with Crippen molar-refractivity contribution < 1.29 is 17.9 Å². The summed E-state index contributed by atoms with van der Waals surface area (Å²) in [6.07, 6.45) is 1.07. The number of carbonyl (C=O) groups is 1. The molecule has 0 radical (unpaired) electrons. The van der Waals surface area contributed by atoms with E-state index in [4.69, 9.17) is 4.74 Å². The fourth-order valence-corrected chi connectivity index (χ4v) is 5.30. The zero-order chi connectivity index (χ0) is 16.8. The summed E-state index contributed by atoms with van der Waals surface area (Å²) in [4.78, 5) is 11.8. The Balaban J connectivity index is 1.92. The second kappa shape index (κ2) is 5.79. The molecule has 23 heavy (non-hydrogen) atoms. The van der Waals surface area contributed by atoms with Gasteiger partial charge in [-0.15, -0.1) is 0 Å². The van der Waals surface area contributed by atoms with E-state index in [1.54, 1.807) is 13.0 Å². The largest absolute Gasteiger partial charge is 0.496 e. The molecule has 1 amide bonds. The molecule has 2 aliphatic heterocycles. The Morgan fingerprint density at radius 2 is 2.00 bits per heavy atom. The number of aryl methyl sites for hydroxylation is 2. The van der Waals surface area contributed by atoms with E-state index in [1.165, 1.54) is 11.4 Å². The number of piperidine rings is 1. The zero-order valence-electron chi connectivity index (χ0n) is 13.6. The van der Waals surface area contributed by atoms with Crippen LogP contribution in [0.2, 0.25) is 0 Å². The fraction of sp³-hybridized carbons (Fsp3) is 0.562. The Bertz CT molecular complexity index is 745. The minimum absolute atomic E-state index is 0.0208. The van der Waals surface area contributed by atoms with Crippen LogP contribution in [0, 0.1) is 19.8 Å². The normalized spacial score (nSPS) is 25.1. The predicted molar refractivity (Wildman–Crippen MR) is 85.9 cm³/mol. The van der Waals surface area contributed by atoms with Gasteiger partial charge in [0.15, 0.2) is 0 Å². The second-order valence-electron chi connectivity index (χ2n) is 6.38. The van der Waals surface area contributed by atoms with Crippen LogP contribution in [0.15, 0.2) is 17.0 Å². The maximum atomic E-state index is 13.0. The molecule has 0 aromatic heterocycles. The molecule has 1 N–H and O–H groups in total. The van der Waals surface area contributed by atoms with Gasteiger partial charge in [-0.05, 0) is 31.4 Å². The summed E-state index contributed by atoms with van der Waals surface area (Å²) in [7, 11) is -2.05. The van der Waals surface area contributed by atoms with E-state index < -0.39 is 10.0 Å². The highest BCUT2D eigenvalue weighted by molar-refractivity contribution is 7.89. The van der Waals surface area contributed by atoms with Crippen molar-refractivity contribution in [3.8, 4) is 5.75 Å². The van der Waals surface area contributed by atoms with Crippen LogP contribution in [-0.2, 0) is 14.8 Å². The molecule has 1 aromatic carbocycles. The molecule has 2 aliphatic rings. The fourth-order valence-electron chi connectivity index (χ4n) is 3.57. The summed E-state index contributed by atoms with van der Waals surface area (Å²) in [5, 5.41) is 2.92. The molecule has 2 atom stereocenters. The van der Waals surface area contributed by atoms with E-state index >= 15 is 0 Å². The van der Waals surface area contributed by atoms with Gasteiger partial charge in [0.05, 0.1) is 12.0 Å². The van der Waals surface area contributed by atoms with Gasteiger partial charge in [-0.2, -0.15) is 4.31 Å². The first-order valence-corrected chi connectivity index (χ1v) is 9.21. The minimum atomic E-state index is -3.58. The van der Waals surface area contributed by atoms with Crippen molar-refractivity contribution in [2.75, 3.05) is 20.2 Å². The van der Waals surface area contributed by atoms with Gasteiger partial charge in [0.2, 0.25) is 15.9 Å². The van der Waals surface area contributed by atoms with Gasteiger partial charge in [0, 0.05) is 37.5 Å². The Morgan fingerprint density at radius 3 is 2.70 bits per heavy atom. The molecule has 126 valence electrons. The average molecular weight is 338 g/mol. The number of benzene rings is 1. The number of rotatable bonds is 3. The number of nitrogens with one attached hydrogen (secondary N) is 1. The number of ether oxygens (including phenoxy) is 1. The lowest BCUT2D eigenvalue weighted by molar-refractivity contribution is -0.119. The maximum absolute atomic E-state index is 13.0. The average Bonchev–Trinajstić information content (AvgIpc) is 2.86. The number of methoxy groups -OCH3 is 1. The highest BCUT2D eigenvalue weighted by Gasteiger charge is 2.41. The van der Waals surface area contributed by atoms with Crippen LogP contribution >= 0.6 is 0 Å². The number of sulfonamides is 1. The van der Waals surface area contributed by atoms with Gasteiger partial charge in [-0.1, -0.05) is 6.07 Å². The number of carbonyl (C=O) groups excluding carboxylic acids is 1. The van der Waals surface area contributed by atoms with Crippen LogP contribution < -0.4 is 10.1 Å². The number of hydrogen-bond acceptors (Lipinski definition) is 4. The Hall–Kier alpha value is -1.60. The van der Waals surface area contributed by atoms with E-state index in [1.807, 2.05) is 13.0 Å². The lowest BCUT2D eigenvalue weighted by Gasteiger charge is -2.33. The van der Waals surface area contributed by atoms with Crippen molar-refractivity contribution in [2.45, 2.75) is 37.6 Å². The molecule has 1 aromatic rings. The van der Waals surface area contributed by atoms with Gasteiger partial charge in [-0.3, -0.25) is 4.79 Å². The van der Waals surface area contributed by atoms with E-state index in [9.17, 15) is 13.2 Å². The molecule has 0 bridgehead atoms. The molecule has 3 rings (SSSR count). The topological polar surface area (TPSA) is 75.7 Å². The standard InChI is InChI=1S/C16H22N2O4S/c1-10-6-11(2)15(8-14(10)22-3)23(20,21)18-5-4-13-12(9-18)7-16(19)17-13/h6,8,12-13H,4-5,7,9H2,1-3H3,(H,17,19)/t12-,13+/m1/s1. The molecule has 0 saturated carbocycles. The summed E-state index contributed by atoms with van der Waals surface area (Å²) < 4.78 is 32.8. The third kappa shape index (κ3) is 2.83. The van der Waals surface area contributed by atoms with Crippen molar-refractivity contribution in [1.82, 2.24) is 9.62 Å². The van der Waals surface area contributed by atoms with Gasteiger partial charge < -0.3 is 10.1 Å². The van der Waals surface area contributed by atoms with Gasteiger partial charge in [0.25, 0.3) is 0 Å². The summed E-state index contributed by atoms with van der Waals surface area (Å²) in [6, 6.07) is 3.55. The quantitative estimate of drug-likeness (QED) is 0.899. The van der Waals surface area contributed by atoms with Crippen LogP contribution in [0.5, 0.6) is 5.75 Å². The van der Waals surface area contributed by atoms with E-state index in [2.05, 4.69) is 5.32 Å². The minimum Gasteiger partial charge on any atom is -0.496 e. The first kappa shape index (κ1) is 16.3. The summed E-state index contributed by atoms with van der Waals surface area (Å²) >= 11 is 0. The van der Waals surface area contributed by atoms with Crippen LogP contribution in [0.3, 0.4) is 0 Å². The number of nitrogens with zero attached hydrogens (tertiary/aromatic N) is 1. The number of fused-ring (bicyclic) bond motifs is 1. The van der Waals surface area contributed by atoms with E-state index in [0.717, 1.165) is 5.56 Å². The monoisotopic (exact) mass is 338 g/mol. The Kier molecular flexibility index (Phi) is 4.10. The molecule has 0 spiro atoms. The van der Waals surface area contributed by atoms with Crippen LogP contribution in [0.25, 0.3) is 0 Å². The summed E-state index contributed by atoms with van der Waals surface area (Å²) in [6.45, 7) is 4.51. The van der Waals surface area contributed by atoms with Crippen molar-refractivity contribution in [2.24, 2.45) is 5.92 Å². The van der Waals surface area contributed by atoms with Crippen molar-refractivity contribution in [1.29, 1.82) is 0 Å². The van der Waals surface area contributed by atoms with Crippen LogP contribution in [0.1, 0.15) is 24.0 Å². The molecule has 0 aliphatic carbocycles.